The summed E-state index contributed by atoms with van der Waals surface area (Å²) < 4.78 is 6.71. The largest absolute Gasteiger partial charge is 0.489 e. The normalized spacial score (nSPS) is 17.8. The van der Waals surface area contributed by atoms with Crippen LogP contribution in [-0.2, 0) is 0 Å². The summed E-state index contributed by atoms with van der Waals surface area (Å²) in [4.78, 5) is 18.3. The van der Waals surface area contributed by atoms with Crippen molar-refractivity contribution in [2.75, 3.05) is 13.1 Å². The lowest BCUT2D eigenvalue weighted by Gasteiger charge is -2.17. The fourth-order valence-electron chi connectivity index (χ4n) is 2.41. The van der Waals surface area contributed by atoms with E-state index >= 15 is 0 Å². The number of carbonyl (C=O) groups is 1. The zero-order chi connectivity index (χ0) is 14.7. The molecular weight excluding hydrogens is 332 g/mol. The fraction of sp³-hybridized carbons (Fsp3) is 0.250. The minimum Gasteiger partial charge on any atom is -0.489 e. The van der Waals surface area contributed by atoms with Gasteiger partial charge in [0.25, 0.3) is 5.91 Å². The Morgan fingerprint density at radius 1 is 1.29 bits per heavy atom. The second kappa shape index (κ2) is 6.26. The molecule has 1 aromatic heterocycles. The van der Waals surface area contributed by atoms with Crippen LogP contribution in [0.5, 0.6) is 5.75 Å². The van der Waals surface area contributed by atoms with Gasteiger partial charge in [0, 0.05) is 29.8 Å². The van der Waals surface area contributed by atoms with Gasteiger partial charge in [-0.1, -0.05) is 18.2 Å². The molecule has 1 saturated heterocycles. The quantitative estimate of drug-likeness (QED) is 0.857. The topological polar surface area (TPSA) is 42.4 Å². The number of nitrogens with zero attached hydrogens (tertiary/aromatic N) is 2. The molecule has 0 bridgehead atoms. The number of hydrogen-bond acceptors (Lipinski definition) is 3. The number of rotatable bonds is 3. The standard InChI is InChI=1S/C16H15BrN2O2/c17-13-8-12(9-18-10-13)16(20)19-7-6-15(11-19)21-14-4-2-1-3-5-14/h1-5,8-10,15H,6-7,11H2/t15-/m1/s1. The zero-order valence-corrected chi connectivity index (χ0v) is 13.0. The van der Waals surface area contributed by atoms with Crippen molar-refractivity contribution in [3.05, 3.63) is 58.8 Å². The molecular formula is C16H15BrN2O2. The van der Waals surface area contributed by atoms with Gasteiger partial charge in [-0.15, -0.1) is 0 Å². The molecule has 0 aliphatic carbocycles. The Labute approximate surface area is 131 Å². The molecule has 2 heterocycles. The number of benzene rings is 1. The van der Waals surface area contributed by atoms with E-state index in [2.05, 4.69) is 20.9 Å². The van der Waals surface area contributed by atoms with E-state index in [0.29, 0.717) is 18.7 Å². The number of amides is 1. The molecule has 108 valence electrons. The first-order valence-corrected chi connectivity index (χ1v) is 7.63. The van der Waals surface area contributed by atoms with Gasteiger partial charge in [0.1, 0.15) is 11.9 Å². The van der Waals surface area contributed by atoms with Crippen LogP contribution >= 0.6 is 15.9 Å². The summed E-state index contributed by atoms with van der Waals surface area (Å²) in [6, 6.07) is 11.5. The second-order valence-electron chi connectivity index (χ2n) is 4.98. The van der Waals surface area contributed by atoms with Crippen LogP contribution in [0.15, 0.2) is 53.3 Å². The summed E-state index contributed by atoms with van der Waals surface area (Å²) in [5, 5.41) is 0. The predicted octanol–water partition coefficient (Wildman–Crippen LogP) is 3.14. The molecule has 5 heteroatoms. The Kier molecular flexibility index (Phi) is 4.20. The molecule has 1 amide bonds. The molecule has 0 radical (unpaired) electrons. The third-order valence-electron chi connectivity index (χ3n) is 3.43. The first-order chi connectivity index (χ1) is 10.2. The lowest BCUT2D eigenvalue weighted by molar-refractivity contribution is 0.0772. The molecule has 1 fully saturated rings. The van der Waals surface area contributed by atoms with Gasteiger partial charge in [-0.3, -0.25) is 9.78 Å². The molecule has 1 aromatic carbocycles. The summed E-state index contributed by atoms with van der Waals surface area (Å²) >= 11 is 3.34. The van der Waals surface area contributed by atoms with Crippen LogP contribution in [0.3, 0.4) is 0 Å². The summed E-state index contributed by atoms with van der Waals surface area (Å²) in [6.45, 7) is 1.32. The van der Waals surface area contributed by atoms with Crippen molar-refractivity contribution >= 4 is 21.8 Å². The molecule has 2 aromatic rings. The average Bonchev–Trinajstić information content (AvgIpc) is 2.96. The maximum atomic E-state index is 12.4. The Hall–Kier alpha value is -1.88. The van der Waals surface area contributed by atoms with Crippen molar-refractivity contribution in [3.8, 4) is 5.75 Å². The monoisotopic (exact) mass is 346 g/mol. The van der Waals surface area contributed by atoms with Crippen molar-refractivity contribution in [2.45, 2.75) is 12.5 Å². The Bertz CT molecular complexity index is 633. The van der Waals surface area contributed by atoms with Crippen LogP contribution in [0.25, 0.3) is 0 Å². The lowest BCUT2D eigenvalue weighted by atomic mass is 10.2. The van der Waals surface area contributed by atoms with E-state index in [-0.39, 0.29) is 12.0 Å². The van der Waals surface area contributed by atoms with Gasteiger partial charge in [-0.25, -0.2) is 0 Å². The maximum Gasteiger partial charge on any atom is 0.255 e. The molecule has 4 nitrogen and oxygen atoms in total. The smallest absolute Gasteiger partial charge is 0.255 e. The molecule has 21 heavy (non-hydrogen) atoms. The van der Waals surface area contributed by atoms with Crippen LogP contribution in [0, 0.1) is 0 Å². The van der Waals surface area contributed by atoms with Crippen molar-refractivity contribution in [2.24, 2.45) is 0 Å². The maximum absolute atomic E-state index is 12.4. The van der Waals surface area contributed by atoms with Crippen LogP contribution < -0.4 is 4.74 Å². The summed E-state index contributed by atoms with van der Waals surface area (Å²) in [7, 11) is 0. The van der Waals surface area contributed by atoms with E-state index in [0.717, 1.165) is 16.6 Å². The number of likely N-dealkylation sites (tertiary alicyclic amines) is 1. The minimum atomic E-state index is 0.00274. The number of aromatic nitrogens is 1. The van der Waals surface area contributed by atoms with Crippen LogP contribution in [0.4, 0.5) is 0 Å². The first kappa shape index (κ1) is 14.1. The summed E-state index contributed by atoms with van der Waals surface area (Å²) in [6.07, 6.45) is 4.17. The van der Waals surface area contributed by atoms with Gasteiger partial charge < -0.3 is 9.64 Å². The number of hydrogen-bond donors (Lipinski definition) is 0. The number of para-hydroxylation sites is 1. The Morgan fingerprint density at radius 3 is 2.86 bits per heavy atom. The third kappa shape index (κ3) is 3.42. The number of pyridine rings is 1. The SMILES string of the molecule is O=C(c1cncc(Br)c1)N1CC[C@@H](Oc2ccccc2)C1. The summed E-state index contributed by atoms with van der Waals surface area (Å²) in [5.74, 6) is 0.851. The van der Waals surface area contributed by atoms with E-state index in [1.54, 1.807) is 18.5 Å². The van der Waals surface area contributed by atoms with Crippen LogP contribution in [0.1, 0.15) is 16.8 Å². The van der Waals surface area contributed by atoms with E-state index in [1.165, 1.54) is 0 Å². The molecule has 1 atom stereocenters. The second-order valence-corrected chi connectivity index (χ2v) is 5.90. The van der Waals surface area contributed by atoms with Crippen molar-refractivity contribution in [1.29, 1.82) is 0 Å². The molecule has 0 saturated carbocycles. The van der Waals surface area contributed by atoms with E-state index < -0.39 is 0 Å². The third-order valence-corrected chi connectivity index (χ3v) is 3.86. The lowest BCUT2D eigenvalue weighted by Crippen LogP contribution is -2.31. The number of ether oxygens (including phenoxy) is 1. The average molecular weight is 347 g/mol. The van der Waals surface area contributed by atoms with Gasteiger partial charge in [0.05, 0.1) is 12.1 Å². The zero-order valence-electron chi connectivity index (χ0n) is 11.4. The predicted molar refractivity (Wildman–Crippen MR) is 83.3 cm³/mol. The highest BCUT2D eigenvalue weighted by Crippen LogP contribution is 2.20. The summed E-state index contributed by atoms with van der Waals surface area (Å²) in [5.41, 5.74) is 0.602. The van der Waals surface area contributed by atoms with Gasteiger partial charge in [-0.05, 0) is 34.1 Å². The van der Waals surface area contributed by atoms with E-state index in [9.17, 15) is 4.79 Å². The molecule has 0 N–H and O–H groups in total. The van der Waals surface area contributed by atoms with E-state index in [4.69, 9.17) is 4.74 Å². The van der Waals surface area contributed by atoms with Gasteiger partial charge in [-0.2, -0.15) is 0 Å². The molecule has 1 aliphatic heterocycles. The van der Waals surface area contributed by atoms with Crippen LogP contribution in [0.2, 0.25) is 0 Å². The van der Waals surface area contributed by atoms with Gasteiger partial charge in [0.2, 0.25) is 0 Å². The minimum absolute atomic E-state index is 0.00274. The molecule has 0 unspecified atom stereocenters. The van der Waals surface area contributed by atoms with Crippen molar-refractivity contribution < 1.29 is 9.53 Å². The van der Waals surface area contributed by atoms with E-state index in [1.807, 2.05) is 35.2 Å². The van der Waals surface area contributed by atoms with Crippen molar-refractivity contribution in [1.82, 2.24) is 9.88 Å². The molecule has 3 rings (SSSR count). The highest BCUT2D eigenvalue weighted by Gasteiger charge is 2.28. The highest BCUT2D eigenvalue weighted by molar-refractivity contribution is 9.10. The van der Waals surface area contributed by atoms with Crippen molar-refractivity contribution in [3.63, 3.8) is 0 Å². The number of carbonyl (C=O) groups excluding carboxylic acids is 1. The Balaban J connectivity index is 1.63. The molecule has 0 spiro atoms. The van der Waals surface area contributed by atoms with Gasteiger partial charge in [0.15, 0.2) is 0 Å². The first-order valence-electron chi connectivity index (χ1n) is 6.84. The molecule has 1 aliphatic rings. The number of halogens is 1. The van der Waals surface area contributed by atoms with Gasteiger partial charge >= 0.3 is 0 Å². The Morgan fingerprint density at radius 2 is 2.10 bits per heavy atom. The van der Waals surface area contributed by atoms with Crippen LogP contribution in [-0.4, -0.2) is 35.0 Å². The fourth-order valence-corrected chi connectivity index (χ4v) is 2.78. The highest BCUT2D eigenvalue weighted by atomic mass is 79.9.